The second kappa shape index (κ2) is 11.1. The molecule has 0 saturated carbocycles. The Balaban J connectivity index is 1.71. The van der Waals surface area contributed by atoms with Crippen LogP contribution < -0.4 is 4.74 Å². The van der Waals surface area contributed by atoms with Crippen LogP contribution in [0.3, 0.4) is 0 Å². The number of allylic oxidation sites excluding steroid dienone is 2. The standard InChI is InChI=1S/C25H31NO7S/c1-25(2,33-20-11-13-21(14-12-20)34(3,29)30)24-31-17-19(8-5-4-6-10-22(27)28)23(32-24)18-9-7-15-26-16-18/h4-5,7,9,11-16,19,23-24H,6,8,10,17H2,1-3H3,(H,27,28)/b5-4-/t19-,23-,24+/m1/s1. The van der Waals surface area contributed by atoms with Gasteiger partial charge in [-0.1, -0.05) is 18.2 Å². The van der Waals surface area contributed by atoms with Gasteiger partial charge in [-0.2, -0.15) is 0 Å². The summed E-state index contributed by atoms with van der Waals surface area (Å²) in [5, 5.41) is 8.79. The summed E-state index contributed by atoms with van der Waals surface area (Å²) in [5.41, 5.74) is 0.0584. The lowest BCUT2D eigenvalue weighted by Gasteiger charge is -2.42. The van der Waals surface area contributed by atoms with Crippen LogP contribution in [-0.2, 0) is 24.1 Å². The van der Waals surface area contributed by atoms with Gasteiger partial charge < -0.3 is 19.3 Å². The van der Waals surface area contributed by atoms with Crippen LogP contribution in [0.5, 0.6) is 5.75 Å². The maximum absolute atomic E-state index is 11.7. The minimum absolute atomic E-state index is 0.0198. The Morgan fingerprint density at radius 2 is 1.97 bits per heavy atom. The van der Waals surface area contributed by atoms with Gasteiger partial charge in [0.25, 0.3) is 0 Å². The highest BCUT2D eigenvalue weighted by Gasteiger charge is 2.42. The van der Waals surface area contributed by atoms with Crippen molar-refractivity contribution in [3.8, 4) is 5.75 Å². The Morgan fingerprint density at radius 1 is 1.24 bits per heavy atom. The maximum Gasteiger partial charge on any atom is 0.303 e. The molecule has 184 valence electrons. The van der Waals surface area contributed by atoms with Crippen LogP contribution in [0, 0.1) is 5.92 Å². The van der Waals surface area contributed by atoms with Crippen molar-refractivity contribution in [3.63, 3.8) is 0 Å². The Labute approximate surface area is 200 Å². The van der Waals surface area contributed by atoms with Crippen molar-refractivity contribution in [2.24, 2.45) is 5.92 Å². The number of hydrogen-bond donors (Lipinski definition) is 1. The molecule has 1 aromatic carbocycles. The van der Waals surface area contributed by atoms with E-state index in [1.54, 1.807) is 24.5 Å². The Kier molecular flexibility index (Phi) is 8.46. The number of carboxylic acid groups (broad SMARTS) is 1. The van der Waals surface area contributed by atoms with E-state index < -0.39 is 27.7 Å². The normalized spacial score (nSPS) is 21.4. The summed E-state index contributed by atoms with van der Waals surface area (Å²) >= 11 is 0. The molecule has 0 radical (unpaired) electrons. The van der Waals surface area contributed by atoms with Crippen molar-refractivity contribution in [1.82, 2.24) is 4.98 Å². The third-order valence-electron chi connectivity index (χ3n) is 5.50. The SMILES string of the molecule is CC(C)(Oc1ccc(S(C)(=O)=O)cc1)[C@H]1OC[C@@H](C/C=C\CCC(=O)O)[C@@H](c2cccnc2)O1. The first-order valence-corrected chi connectivity index (χ1v) is 13.0. The van der Waals surface area contributed by atoms with Gasteiger partial charge in [0, 0.05) is 31.0 Å². The largest absolute Gasteiger partial charge is 0.483 e. The lowest BCUT2D eigenvalue weighted by Crippen LogP contribution is -2.50. The highest BCUT2D eigenvalue weighted by molar-refractivity contribution is 7.90. The highest BCUT2D eigenvalue weighted by atomic mass is 32.2. The number of carboxylic acids is 1. The Bertz CT molecular complexity index is 1080. The number of rotatable bonds is 10. The van der Waals surface area contributed by atoms with Crippen LogP contribution in [-0.4, -0.2) is 49.2 Å². The van der Waals surface area contributed by atoms with E-state index in [1.807, 2.05) is 38.1 Å². The molecule has 1 aliphatic heterocycles. The van der Waals surface area contributed by atoms with Gasteiger partial charge in [-0.25, -0.2) is 8.42 Å². The molecule has 1 aliphatic rings. The Hall–Kier alpha value is -2.75. The van der Waals surface area contributed by atoms with Gasteiger partial charge in [0.2, 0.25) is 0 Å². The van der Waals surface area contributed by atoms with Crippen LogP contribution in [0.1, 0.15) is 44.8 Å². The van der Waals surface area contributed by atoms with Crippen molar-refractivity contribution < 1.29 is 32.5 Å². The van der Waals surface area contributed by atoms with E-state index in [-0.39, 0.29) is 23.3 Å². The minimum atomic E-state index is -3.29. The summed E-state index contributed by atoms with van der Waals surface area (Å²) in [5.74, 6) is -0.296. The van der Waals surface area contributed by atoms with E-state index in [2.05, 4.69) is 4.98 Å². The third kappa shape index (κ3) is 7.12. The second-order valence-corrected chi connectivity index (χ2v) is 10.9. The van der Waals surface area contributed by atoms with Crippen LogP contribution in [0.4, 0.5) is 0 Å². The number of ether oxygens (including phenoxy) is 3. The molecule has 1 aromatic heterocycles. The number of aliphatic carboxylic acids is 1. The van der Waals surface area contributed by atoms with E-state index >= 15 is 0 Å². The molecule has 2 aromatic rings. The fourth-order valence-corrected chi connectivity index (χ4v) is 4.37. The van der Waals surface area contributed by atoms with Crippen LogP contribution in [0.15, 0.2) is 65.8 Å². The molecule has 9 heteroatoms. The summed E-state index contributed by atoms with van der Waals surface area (Å²) in [7, 11) is -3.29. The Morgan fingerprint density at radius 3 is 2.59 bits per heavy atom. The van der Waals surface area contributed by atoms with Crippen molar-refractivity contribution in [1.29, 1.82) is 0 Å². The molecular weight excluding hydrogens is 458 g/mol. The molecule has 0 amide bonds. The van der Waals surface area contributed by atoms with Crippen LogP contribution >= 0.6 is 0 Å². The number of nitrogens with zero attached hydrogens (tertiary/aromatic N) is 1. The lowest BCUT2D eigenvalue weighted by atomic mass is 9.92. The molecule has 0 bridgehead atoms. The summed E-state index contributed by atoms with van der Waals surface area (Å²) in [6, 6.07) is 10.1. The summed E-state index contributed by atoms with van der Waals surface area (Å²) in [6.07, 6.45) is 8.74. The van der Waals surface area contributed by atoms with Gasteiger partial charge in [0.05, 0.1) is 17.6 Å². The summed E-state index contributed by atoms with van der Waals surface area (Å²) < 4.78 is 42.0. The van der Waals surface area contributed by atoms with Gasteiger partial charge in [0.15, 0.2) is 21.7 Å². The van der Waals surface area contributed by atoms with E-state index in [4.69, 9.17) is 19.3 Å². The lowest BCUT2D eigenvalue weighted by molar-refractivity contribution is -0.288. The number of pyridine rings is 1. The average molecular weight is 490 g/mol. The van der Waals surface area contributed by atoms with Gasteiger partial charge in [-0.05, 0) is 62.6 Å². The molecule has 1 N–H and O–H groups in total. The molecular formula is C25H31NO7S. The third-order valence-corrected chi connectivity index (χ3v) is 6.63. The van der Waals surface area contributed by atoms with Crippen LogP contribution in [0.2, 0.25) is 0 Å². The zero-order valence-electron chi connectivity index (χ0n) is 19.6. The smallest absolute Gasteiger partial charge is 0.303 e. The second-order valence-electron chi connectivity index (χ2n) is 8.86. The van der Waals surface area contributed by atoms with Gasteiger partial charge >= 0.3 is 5.97 Å². The van der Waals surface area contributed by atoms with Crippen molar-refractivity contribution in [2.45, 2.75) is 56.0 Å². The molecule has 3 rings (SSSR count). The molecule has 3 atom stereocenters. The maximum atomic E-state index is 11.7. The predicted octanol–water partition coefficient (Wildman–Crippen LogP) is 4.18. The quantitative estimate of drug-likeness (QED) is 0.495. The zero-order chi connectivity index (χ0) is 24.8. The number of aromatic nitrogens is 1. The predicted molar refractivity (Wildman–Crippen MR) is 126 cm³/mol. The zero-order valence-corrected chi connectivity index (χ0v) is 20.4. The van der Waals surface area contributed by atoms with Gasteiger partial charge in [0.1, 0.15) is 5.75 Å². The molecule has 2 heterocycles. The topological polar surface area (TPSA) is 112 Å². The molecule has 1 fully saturated rings. The molecule has 34 heavy (non-hydrogen) atoms. The summed E-state index contributed by atoms with van der Waals surface area (Å²) in [4.78, 5) is 15.1. The number of hydrogen-bond acceptors (Lipinski definition) is 7. The summed E-state index contributed by atoms with van der Waals surface area (Å²) in [6.45, 7) is 4.14. The van der Waals surface area contributed by atoms with Crippen molar-refractivity contribution in [3.05, 3.63) is 66.5 Å². The molecule has 1 saturated heterocycles. The van der Waals surface area contributed by atoms with Crippen LogP contribution in [0.25, 0.3) is 0 Å². The first-order valence-electron chi connectivity index (χ1n) is 11.1. The molecule has 8 nitrogen and oxygen atoms in total. The minimum Gasteiger partial charge on any atom is -0.483 e. The number of sulfone groups is 1. The fraction of sp³-hybridized carbons (Fsp3) is 0.440. The highest BCUT2D eigenvalue weighted by Crippen LogP contribution is 2.38. The first kappa shape index (κ1) is 25.9. The van der Waals surface area contributed by atoms with E-state index in [9.17, 15) is 13.2 Å². The first-order chi connectivity index (χ1) is 16.1. The van der Waals surface area contributed by atoms with Crippen molar-refractivity contribution >= 4 is 15.8 Å². The molecule has 0 aliphatic carbocycles. The number of benzene rings is 1. The monoisotopic (exact) mass is 489 g/mol. The van der Waals surface area contributed by atoms with Crippen molar-refractivity contribution in [2.75, 3.05) is 12.9 Å². The van der Waals surface area contributed by atoms with Gasteiger partial charge in [-0.3, -0.25) is 9.78 Å². The average Bonchev–Trinajstić information content (AvgIpc) is 2.79. The molecule has 0 spiro atoms. The fourth-order valence-electron chi connectivity index (χ4n) is 3.74. The van der Waals surface area contributed by atoms with E-state index in [1.165, 1.54) is 12.1 Å². The van der Waals surface area contributed by atoms with E-state index in [0.29, 0.717) is 25.2 Å². The number of carbonyl (C=O) groups is 1. The van der Waals surface area contributed by atoms with E-state index in [0.717, 1.165) is 11.8 Å². The molecule has 0 unspecified atom stereocenters. The van der Waals surface area contributed by atoms with Gasteiger partial charge in [-0.15, -0.1) is 0 Å².